The highest BCUT2D eigenvalue weighted by Crippen LogP contribution is 2.14. The molecule has 0 bridgehead atoms. The number of anilines is 2. The molecule has 0 unspecified atom stereocenters. The van der Waals surface area contributed by atoms with Gasteiger partial charge in [0.2, 0.25) is 5.91 Å². The Balaban J connectivity index is 1.54. The lowest BCUT2D eigenvalue weighted by atomic mass is 10.1. The molecule has 3 aromatic rings. The SMILES string of the molecule is CCN(CC)C(=O)c1cccc(NC(=O)CNc2cccc(C(=O)NCc3ccco3)c2)c1. The van der Waals surface area contributed by atoms with Crippen molar-refractivity contribution in [2.75, 3.05) is 30.3 Å². The first kappa shape index (κ1) is 23.6. The summed E-state index contributed by atoms with van der Waals surface area (Å²) < 4.78 is 5.21. The van der Waals surface area contributed by atoms with Crippen LogP contribution in [0.15, 0.2) is 71.3 Å². The highest BCUT2D eigenvalue weighted by Gasteiger charge is 2.13. The van der Waals surface area contributed by atoms with Gasteiger partial charge in [0, 0.05) is 35.6 Å². The zero-order valence-electron chi connectivity index (χ0n) is 18.8. The second-order valence-electron chi connectivity index (χ2n) is 7.30. The van der Waals surface area contributed by atoms with Gasteiger partial charge in [-0.2, -0.15) is 0 Å². The summed E-state index contributed by atoms with van der Waals surface area (Å²) in [6.07, 6.45) is 1.55. The Morgan fingerprint density at radius 2 is 1.58 bits per heavy atom. The third-order valence-corrected chi connectivity index (χ3v) is 5.03. The summed E-state index contributed by atoms with van der Waals surface area (Å²) in [6.45, 7) is 5.39. The van der Waals surface area contributed by atoms with Gasteiger partial charge in [-0.25, -0.2) is 0 Å². The minimum atomic E-state index is -0.268. The van der Waals surface area contributed by atoms with Crippen molar-refractivity contribution < 1.29 is 18.8 Å². The molecule has 0 aliphatic heterocycles. The lowest BCUT2D eigenvalue weighted by molar-refractivity contribution is -0.114. The van der Waals surface area contributed by atoms with E-state index >= 15 is 0 Å². The highest BCUT2D eigenvalue weighted by atomic mass is 16.3. The maximum atomic E-state index is 12.5. The molecule has 0 fully saturated rings. The van der Waals surface area contributed by atoms with Crippen molar-refractivity contribution in [3.8, 4) is 0 Å². The number of hydrogen-bond acceptors (Lipinski definition) is 5. The molecule has 0 saturated carbocycles. The van der Waals surface area contributed by atoms with E-state index in [2.05, 4.69) is 16.0 Å². The van der Waals surface area contributed by atoms with E-state index in [-0.39, 0.29) is 24.3 Å². The van der Waals surface area contributed by atoms with Crippen LogP contribution in [0.4, 0.5) is 11.4 Å². The number of hydrogen-bond donors (Lipinski definition) is 3. The standard InChI is InChI=1S/C25H28N4O4/c1-3-29(4-2)25(32)19-9-6-11-21(15-19)28-23(30)17-26-20-10-5-8-18(14-20)24(31)27-16-22-12-7-13-33-22/h5-15,26H,3-4,16-17H2,1-2H3,(H,27,31)(H,28,30). The molecule has 2 aromatic carbocycles. The first-order valence-electron chi connectivity index (χ1n) is 10.8. The van der Waals surface area contributed by atoms with E-state index in [0.717, 1.165) is 0 Å². The lowest BCUT2D eigenvalue weighted by Crippen LogP contribution is -2.30. The van der Waals surface area contributed by atoms with Crippen molar-refractivity contribution in [3.63, 3.8) is 0 Å². The van der Waals surface area contributed by atoms with Crippen LogP contribution < -0.4 is 16.0 Å². The van der Waals surface area contributed by atoms with Crippen molar-refractivity contribution in [1.82, 2.24) is 10.2 Å². The Kier molecular flexibility index (Phi) is 8.24. The van der Waals surface area contributed by atoms with E-state index in [1.54, 1.807) is 71.8 Å². The largest absolute Gasteiger partial charge is 0.467 e. The summed E-state index contributed by atoms with van der Waals surface area (Å²) in [5.74, 6) is 0.0813. The van der Waals surface area contributed by atoms with Crippen molar-refractivity contribution >= 4 is 29.1 Å². The first-order valence-corrected chi connectivity index (χ1v) is 10.8. The maximum Gasteiger partial charge on any atom is 0.253 e. The van der Waals surface area contributed by atoms with Gasteiger partial charge in [-0.15, -0.1) is 0 Å². The predicted molar refractivity (Wildman–Crippen MR) is 127 cm³/mol. The molecular formula is C25H28N4O4. The van der Waals surface area contributed by atoms with Gasteiger partial charge in [0.1, 0.15) is 5.76 Å². The molecular weight excluding hydrogens is 420 g/mol. The van der Waals surface area contributed by atoms with Crippen LogP contribution in [0.2, 0.25) is 0 Å². The topological polar surface area (TPSA) is 104 Å². The van der Waals surface area contributed by atoms with Crippen LogP contribution in [0.1, 0.15) is 40.3 Å². The molecule has 8 heteroatoms. The molecule has 0 saturated heterocycles. The minimum Gasteiger partial charge on any atom is -0.467 e. The number of carbonyl (C=O) groups is 3. The Labute approximate surface area is 193 Å². The van der Waals surface area contributed by atoms with E-state index in [4.69, 9.17) is 4.42 Å². The quantitative estimate of drug-likeness (QED) is 0.438. The average Bonchev–Trinajstić information content (AvgIpc) is 3.36. The van der Waals surface area contributed by atoms with Crippen LogP contribution in [0.5, 0.6) is 0 Å². The number of benzene rings is 2. The van der Waals surface area contributed by atoms with Crippen molar-refractivity contribution in [2.24, 2.45) is 0 Å². The first-order chi connectivity index (χ1) is 16.0. The number of furan rings is 1. The van der Waals surface area contributed by atoms with Crippen LogP contribution in [0.25, 0.3) is 0 Å². The molecule has 0 radical (unpaired) electrons. The number of nitrogens with one attached hydrogen (secondary N) is 3. The number of carbonyl (C=O) groups excluding carboxylic acids is 3. The fraction of sp³-hybridized carbons (Fsp3) is 0.240. The lowest BCUT2D eigenvalue weighted by Gasteiger charge is -2.19. The molecule has 3 rings (SSSR count). The number of nitrogens with zero attached hydrogens (tertiary/aromatic N) is 1. The molecule has 1 heterocycles. The zero-order valence-corrected chi connectivity index (χ0v) is 18.8. The summed E-state index contributed by atoms with van der Waals surface area (Å²) in [4.78, 5) is 39.0. The predicted octanol–water partition coefficient (Wildman–Crippen LogP) is 3.74. The van der Waals surface area contributed by atoms with E-state index in [1.807, 2.05) is 13.8 Å². The van der Waals surface area contributed by atoms with E-state index in [9.17, 15) is 14.4 Å². The summed E-state index contributed by atoms with van der Waals surface area (Å²) in [7, 11) is 0. The molecule has 0 spiro atoms. The van der Waals surface area contributed by atoms with Gasteiger partial charge in [0.25, 0.3) is 11.8 Å². The van der Waals surface area contributed by atoms with E-state index < -0.39 is 0 Å². The molecule has 0 aliphatic rings. The van der Waals surface area contributed by atoms with Gasteiger partial charge in [-0.3, -0.25) is 14.4 Å². The van der Waals surface area contributed by atoms with Crippen molar-refractivity contribution in [1.29, 1.82) is 0 Å². The van der Waals surface area contributed by atoms with Crippen molar-refractivity contribution in [3.05, 3.63) is 83.8 Å². The van der Waals surface area contributed by atoms with E-state index in [0.29, 0.717) is 47.9 Å². The maximum absolute atomic E-state index is 12.5. The molecule has 172 valence electrons. The summed E-state index contributed by atoms with van der Waals surface area (Å²) in [5.41, 5.74) is 2.18. The fourth-order valence-corrected chi connectivity index (χ4v) is 3.26. The monoisotopic (exact) mass is 448 g/mol. The van der Waals surface area contributed by atoms with Gasteiger partial charge >= 0.3 is 0 Å². The van der Waals surface area contributed by atoms with Gasteiger partial charge < -0.3 is 25.3 Å². The molecule has 33 heavy (non-hydrogen) atoms. The Morgan fingerprint density at radius 1 is 0.879 bits per heavy atom. The van der Waals surface area contributed by atoms with Gasteiger partial charge in [-0.05, 0) is 62.4 Å². The Bertz CT molecular complexity index is 1090. The summed E-state index contributed by atoms with van der Waals surface area (Å²) >= 11 is 0. The summed E-state index contributed by atoms with van der Waals surface area (Å²) in [6, 6.07) is 17.3. The smallest absolute Gasteiger partial charge is 0.253 e. The number of amides is 3. The van der Waals surface area contributed by atoms with Gasteiger partial charge in [0.15, 0.2) is 0 Å². The minimum absolute atomic E-state index is 0.00564. The van der Waals surface area contributed by atoms with E-state index in [1.165, 1.54) is 0 Å². The van der Waals surface area contributed by atoms with Gasteiger partial charge in [0.05, 0.1) is 19.4 Å². The fourth-order valence-electron chi connectivity index (χ4n) is 3.26. The third-order valence-electron chi connectivity index (χ3n) is 5.03. The molecule has 8 nitrogen and oxygen atoms in total. The normalized spacial score (nSPS) is 10.4. The van der Waals surface area contributed by atoms with Crippen molar-refractivity contribution in [2.45, 2.75) is 20.4 Å². The third kappa shape index (κ3) is 6.70. The second kappa shape index (κ2) is 11.5. The van der Waals surface area contributed by atoms with Crippen LogP contribution in [0.3, 0.4) is 0 Å². The molecule has 1 aromatic heterocycles. The van der Waals surface area contributed by atoms with Gasteiger partial charge in [-0.1, -0.05) is 12.1 Å². The molecule has 0 aliphatic carbocycles. The second-order valence-corrected chi connectivity index (χ2v) is 7.30. The van der Waals surface area contributed by atoms with Crippen LogP contribution in [-0.2, 0) is 11.3 Å². The molecule has 3 N–H and O–H groups in total. The van der Waals surface area contributed by atoms with Crippen LogP contribution in [-0.4, -0.2) is 42.3 Å². The summed E-state index contributed by atoms with van der Waals surface area (Å²) in [5, 5.41) is 8.60. The molecule has 3 amide bonds. The number of rotatable bonds is 10. The average molecular weight is 449 g/mol. The van der Waals surface area contributed by atoms with Crippen LogP contribution in [0, 0.1) is 0 Å². The highest BCUT2D eigenvalue weighted by molar-refractivity contribution is 5.98. The molecule has 0 atom stereocenters. The Morgan fingerprint density at radius 3 is 2.27 bits per heavy atom. The van der Waals surface area contributed by atoms with Crippen LogP contribution >= 0.6 is 0 Å². The zero-order chi connectivity index (χ0) is 23.6. The Hall–Kier alpha value is -4.07.